The van der Waals surface area contributed by atoms with Crippen molar-refractivity contribution in [3.8, 4) is 17.2 Å². The molecule has 0 unspecified atom stereocenters. The van der Waals surface area contributed by atoms with Crippen LogP contribution in [0.2, 0.25) is 0 Å². The molecule has 0 bridgehead atoms. The lowest BCUT2D eigenvalue weighted by Crippen LogP contribution is -2.32. The van der Waals surface area contributed by atoms with Gasteiger partial charge in [0.05, 0.1) is 18.6 Å². The van der Waals surface area contributed by atoms with Crippen LogP contribution in [-0.4, -0.2) is 44.7 Å². The van der Waals surface area contributed by atoms with Crippen LogP contribution in [0.15, 0.2) is 76.5 Å². The fraction of sp³-hybridized carbons (Fsp3) is 0.241. The summed E-state index contributed by atoms with van der Waals surface area (Å²) in [5.74, 6) is 0.757. The molecule has 39 heavy (non-hydrogen) atoms. The van der Waals surface area contributed by atoms with E-state index in [1.54, 1.807) is 30.3 Å². The second kappa shape index (κ2) is 12.0. The number of methoxy groups -OCH3 is 1. The number of rotatable bonds is 10. The molecule has 1 heterocycles. The number of aryl methyl sites for hydroxylation is 1. The first-order chi connectivity index (χ1) is 18.6. The van der Waals surface area contributed by atoms with Crippen LogP contribution >= 0.6 is 11.8 Å². The predicted molar refractivity (Wildman–Crippen MR) is 151 cm³/mol. The molecule has 2 amide bonds. The molecule has 4 rings (SSSR count). The van der Waals surface area contributed by atoms with Gasteiger partial charge in [0.15, 0.2) is 11.5 Å². The zero-order valence-corrected chi connectivity index (χ0v) is 23.7. The summed E-state index contributed by atoms with van der Waals surface area (Å²) in [7, 11) is -2.68. The van der Waals surface area contributed by atoms with Crippen LogP contribution < -0.4 is 13.7 Å². The second-order valence-electron chi connectivity index (χ2n) is 9.14. The summed E-state index contributed by atoms with van der Waals surface area (Å²) in [4.78, 5) is 27.0. The molecule has 8 nitrogen and oxygen atoms in total. The minimum Gasteiger partial charge on any atom is -0.493 e. The van der Waals surface area contributed by atoms with Crippen LogP contribution in [0.5, 0.6) is 17.2 Å². The highest BCUT2D eigenvalue weighted by atomic mass is 32.2. The van der Waals surface area contributed by atoms with E-state index in [1.165, 1.54) is 31.4 Å². The lowest BCUT2D eigenvalue weighted by Gasteiger charge is -2.17. The van der Waals surface area contributed by atoms with Gasteiger partial charge in [-0.2, -0.15) is 8.42 Å². The van der Waals surface area contributed by atoms with Crippen molar-refractivity contribution < 1.29 is 31.7 Å². The zero-order valence-electron chi connectivity index (χ0n) is 22.0. The van der Waals surface area contributed by atoms with E-state index >= 15 is 0 Å². The molecule has 1 saturated heterocycles. The number of thioether (sulfide) groups is 1. The highest BCUT2D eigenvalue weighted by molar-refractivity contribution is 8.18. The first-order valence-electron chi connectivity index (χ1n) is 12.3. The van der Waals surface area contributed by atoms with E-state index in [2.05, 4.69) is 13.8 Å². The van der Waals surface area contributed by atoms with Crippen molar-refractivity contribution in [3.05, 3.63) is 88.3 Å². The summed E-state index contributed by atoms with van der Waals surface area (Å²) in [6, 6.07) is 18.3. The standard InChI is InChI=1S/C29H29NO7S2/c1-19(2)23-12-10-20(3)16-25(23)36-15-14-30-28(31)27(38-29(30)32)18-21-11-13-24(26(17-21)35-4)37-39(33,34)22-8-6-5-7-9-22/h5-13,16-19H,14-15H2,1-4H3/b27-18-. The van der Waals surface area contributed by atoms with Crippen LogP contribution in [0.3, 0.4) is 0 Å². The highest BCUT2D eigenvalue weighted by Crippen LogP contribution is 2.35. The van der Waals surface area contributed by atoms with Gasteiger partial charge in [-0.1, -0.05) is 50.2 Å². The summed E-state index contributed by atoms with van der Waals surface area (Å²) < 4.78 is 41.8. The fourth-order valence-corrected chi connectivity index (χ4v) is 5.76. The van der Waals surface area contributed by atoms with Crippen molar-refractivity contribution in [2.75, 3.05) is 20.3 Å². The first kappa shape index (κ1) is 28.3. The van der Waals surface area contributed by atoms with Gasteiger partial charge in [-0.05, 0) is 77.7 Å². The third-order valence-corrected chi connectivity index (χ3v) is 8.11. The molecule has 3 aromatic carbocycles. The quantitative estimate of drug-likeness (QED) is 0.217. The van der Waals surface area contributed by atoms with Gasteiger partial charge < -0.3 is 13.7 Å². The predicted octanol–water partition coefficient (Wildman–Crippen LogP) is 6.01. The molecule has 1 fully saturated rings. The zero-order chi connectivity index (χ0) is 28.2. The smallest absolute Gasteiger partial charge is 0.339 e. The Morgan fingerprint density at radius 2 is 1.69 bits per heavy atom. The molecule has 0 aliphatic carbocycles. The summed E-state index contributed by atoms with van der Waals surface area (Å²) in [6.45, 7) is 6.42. The van der Waals surface area contributed by atoms with Crippen LogP contribution in [0.4, 0.5) is 4.79 Å². The van der Waals surface area contributed by atoms with Gasteiger partial charge in [-0.15, -0.1) is 0 Å². The maximum Gasteiger partial charge on any atom is 0.339 e. The molecule has 0 spiro atoms. The molecule has 0 aromatic heterocycles. The lowest BCUT2D eigenvalue weighted by molar-refractivity contribution is -0.123. The number of nitrogens with zero attached hydrogens (tertiary/aromatic N) is 1. The maximum atomic E-state index is 13.0. The van der Waals surface area contributed by atoms with Crippen molar-refractivity contribution in [2.24, 2.45) is 0 Å². The van der Waals surface area contributed by atoms with Gasteiger partial charge in [0.25, 0.3) is 11.1 Å². The summed E-state index contributed by atoms with van der Waals surface area (Å²) in [5, 5.41) is -0.385. The van der Waals surface area contributed by atoms with E-state index in [0.717, 1.165) is 33.5 Å². The minimum absolute atomic E-state index is 0.000622. The van der Waals surface area contributed by atoms with E-state index in [9.17, 15) is 18.0 Å². The Balaban J connectivity index is 1.45. The van der Waals surface area contributed by atoms with Crippen molar-refractivity contribution in [1.82, 2.24) is 4.90 Å². The van der Waals surface area contributed by atoms with Crippen LogP contribution in [-0.2, 0) is 14.9 Å². The Kier molecular flexibility index (Phi) is 8.66. The molecule has 0 N–H and O–H groups in total. The van der Waals surface area contributed by atoms with E-state index in [-0.39, 0.29) is 45.6 Å². The largest absolute Gasteiger partial charge is 0.493 e. The molecular formula is C29H29NO7S2. The second-order valence-corrected chi connectivity index (χ2v) is 11.7. The number of imide groups is 1. The van der Waals surface area contributed by atoms with Crippen LogP contribution in [0, 0.1) is 6.92 Å². The van der Waals surface area contributed by atoms with Crippen molar-refractivity contribution in [1.29, 1.82) is 0 Å². The number of amides is 2. The molecule has 3 aromatic rings. The van der Waals surface area contributed by atoms with E-state index in [1.807, 2.05) is 25.1 Å². The Hall–Kier alpha value is -3.76. The minimum atomic E-state index is -4.06. The third-order valence-electron chi connectivity index (χ3n) is 5.95. The first-order valence-corrected chi connectivity index (χ1v) is 14.5. The molecule has 10 heteroatoms. The molecular weight excluding hydrogens is 538 g/mol. The highest BCUT2D eigenvalue weighted by Gasteiger charge is 2.35. The SMILES string of the molecule is COc1cc(/C=C2\SC(=O)N(CCOc3cc(C)ccc3C(C)C)C2=O)ccc1OS(=O)(=O)c1ccccc1. The van der Waals surface area contributed by atoms with Gasteiger partial charge >= 0.3 is 10.1 Å². The van der Waals surface area contributed by atoms with Crippen molar-refractivity contribution in [3.63, 3.8) is 0 Å². The molecule has 0 radical (unpaired) electrons. The molecule has 204 valence electrons. The van der Waals surface area contributed by atoms with Crippen LogP contribution in [0.25, 0.3) is 6.08 Å². The molecule has 0 atom stereocenters. The summed E-state index contributed by atoms with van der Waals surface area (Å²) >= 11 is 0.833. The van der Waals surface area contributed by atoms with Crippen molar-refractivity contribution in [2.45, 2.75) is 31.6 Å². The van der Waals surface area contributed by atoms with Gasteiger partial charge in [0.1, 0.15) is 17.3 Å². The van der Waals surface area contributed by atoms with Crippen molar-refractivity contribution >= 4 is 39.1 Å². The molecule has 1 aliphatic rings. The lowest BCUT2D eigenvalue weighted by atomic mass is 10.0. The fourth-order valence-electron chi connectivity index (χ4n) is 3.93. The van der Waals surface area contributed by atoms with Crippen LogP contribution in [0.1, 0.15) is 36.5 Å². The Morgan fingerprint density at radius 3 is 2.38 bits per heavy atom. The van der Waals surface area contributed by atoms with Gasteiger partial charge in [0.2, 0.25) is 0 Å². The van der Waals surface area contributed by atoms with E-state index in [0.29, 0.717) is 5.56 Å². The van der Waals surface area contributed by atoms with Gasteiger partial charge in [0, 0.05) is 0 Å². The Bertz CT molecular complexity index is 1520. The normalized spacial score (nSPS) is 14.8. The maximum absolute atomic E-state index is 13.0. The number of hydrogen-bond donors (Lipinski definition) is 0. The summed E-state index contributed by atoms with van der Waals surface area (Å²) in [5.41, 5.74) is 2.67. The van der Waals surface area contributed by atoms with E-state index < -0.39 is 16.0 Å². The Morgan fingerprint density at radius 1 is 0.949 bits per heavy atom. The average molecular weight is 568 g/mol. The number of carbonyl (C=O) groups excluding carboxylic acids is 2. The Labute approximate surface area is 232 Å². The van der Waals surface area contributed by atoms with Gasteiger partial charge in [-0.25, -0.2) is 0 Å². The van der Waals surface area contributed by atoms with Gasteiger partial charge in [-0.3, -0.25) is 14.5 Å². The number of ether oxygens (including phenoxy) is 2. The monoisotopic (exact) mass is 567 g/mol. The van der Waals surface area contributed by atoms with E-state index in [4.69, 9.17) is 13.7 Å². The number of hydrogen-bond acceptors (Lipinski definition) is 8. The summed E-state index contributed by atoms with van der Waals surface area (Å²) in [6.07, 6.45) is 1.56. The average Bonchev–Trinajstić information content (AvgIpc) is 3.17. The number of carbonyl (C=O) groups is 2. The third kappa shape index (κ3) is 6.63. The topological polar surface area (TPSA) is 99.2 Å². The molecule has 1 aliphatic heterocycles. The number of benzene rings is 3. The molecule has 0 saturated carbocycles.